The maximum Gasteiger partial charge on any atom is 0.250 e. The Labute approximate surface area is 113 Å². The molecule has 0 saturated carbocycles. The number of nitrogens with zero attached hydrogens (tertiary/aromatic N) is 2. The standard InChI is InChI=1S/C15H20N2O2/c1-11(18)15(19)16(2)9-8-12-10-17(3)14-7-5-4-6-13(12)14/h4-7,10-11,18H,8-9H2,1-3H3. The summed E-state index contributed by atoms with van der Waals surface area (Å²) in [6.45, 7) is 2.11. The van der Waals surface area contributed by atoms with Gasteiger partial charge in [-0.05, 0) is 25.0 Å². The molecule has 0 aliphatic carbocycles. The van der Waals surface area contributed by atoms with Gasteiger partial charge >= 0.3 is 0 Å². The molecule has 1 N–H and O–H groups in total. The lowest BCUT2D eigenvalue weighted by molar-refractivity contribution is -0.137. The molecule has 1 aromatic heterocycles. The van der Waals surface area contributed by atoms with Crippen molar-refractivity contribution in [1.82, 2.24) is 9.47 Å². The van der Waals surface area contributed by atoms with Crippen molar-refractivity contribution in [2.75, 3.05) is 13.6 Å². The molecule has 1 heterocycles. The highest BCUT2D eigenvalue weighted by molar-refractivity contribution is 5.84. The number of aliphatic hydroxyl groups is 1. The van der Waals surface area contributed by atoms with Gasteiger partial charge in [-0.3, -0.25) is 4.79 Å². The molecule has 4 heteroatoms. The first kappa shape index (κ1) is 13.6. The van der Waals surface area contributed by atoms with E-state index in [0.717, 1.165) is 6.42 Å². The number of aliphatic hydroxyl groups excluding tert-OH is 1. The van der Waals surface area contributed by atoms with E-state index in [4.69, 9.17) is 0 Å². The monoisotopic (exact) mass is 260 g/mol. The number of carbonyl (C=O) groups excluding carboxylic acids is 1. The van der Waals surface area contributed by atoms with Crippen molar-refractivity contribution in [3.63, 3.8) is 0 Å². The predicted molar refractivity (Wildman–Crippen MR) is 75.9 cm³/mol. The van der Waals surface area contributed by atoms with Crippen molar-refractivity contribution in [3.05, 3.63) is 36.0 Å². The number of carbonyl (C=O) groups is 1. The van der Waals surface area contributed by atoms with E-state index in [1.165, 1.54) is 23.4 Å². The summed E-state index contributed by atoms with van der Waals surface area (Å²) in [5, 5.41) is 10.5. The summed E-state index contributed by atoms with van der Waals surface area (Å²) >= 11 is 0. The minimum Gasteiger partial charge on any atom is -0.384 e. The molecule has 19 heavy (non-hydrogen) atoms. The van der Waals surface area contributed by atoms with Crippen LogP contribution in [0.1, 0.15) is 12.5 Å². The van der Waals surface area contributed by atoms with Crippen LogP contribution in [0.5, 0.6) is 0 Å². The van der Waals surface area contributed by atoms with Crippen LogP contribution in [-0.2, 0) is 18.3 Å². The molecule has 0 radical (unpaired) electrons. The molecule has 2 rings (SSSR count). The molecule has 1 atom stereocenters. The van der Waals surface area contributed by atoms with E-state index in [1.807, 2.05) is 19.2 Å². The molecule has 1 unspecified atom stereocenters. The zero-order valence-corrected chi connectivity index (χ0v) is 11.6. The van der Waals surface area contributed by atoms with Crippen LogP contribution in [0.25, 0.3) is 10.9 Å². The Kier molecular flexibility index (Phi) is 3.90. The van der Waals surface area contributed by atoms with Crippen LogP contribution in [0.2, 0.25) is 0 Å². The highest BCUT2D eigenvalue weighted by Gasteiger charge is 2.15. The number of amides is 1. The number of rotatable bonds is 4. The van der Waals surface area contributed by atoms with Crippen LogP contribution in [0.4, 0.5) is 0 Å². The topological polar surface area (TPSA) is 45.5 Å². The number of para-hydroxylation sites is 1. The fraction of sp³-hybridized carbons (Fsp3) is 0.400. The third-order valence-corrected chi connectivity index (χ3v) is 3.43. The van der Waals surface area contributed by atoms with Crippen LogP contribution in [0, 0.1) is 0 Å². The van der Waals surface area contributed by atoms with Gasteiger partial charge in [0.1, 0.15) is 6.10 Å². The fourth-order valence-electron chi connectivity index (χ4n) is 2.34. The summed E-state index contributed by atoms with van der Waals surface area (Å²) in [4.78, 5) is 13.2. The Morgan fingerprint density at radius 2 is 2.11 bits per heavy atom. The minimum atomic E-state index is -0.933. The first-order chi connectivity index (χ1) is 9.00. The molecule has 0 aliphatic heterocycles. The van der Waals surface area contributed by atoms with Gasteiger partial charge in [-0.15, -0.1) is 0 Å². The Bertz CT molecular complexity index is 587. The van der Waals surface area contributed by atoms with Crippen LogP contribution < -0.4 is 0 Å². The van der Waals surface area contributed by atoms with E-state index in [2.05, 4.69) is 22.9 Å². The molecule has 2 aromatic rings. The molecule has 4 nitrogen and oxygen atoms in total. The number of likely N-dealkylation sites (N-methyl/N-ethyl adjacent to an activating group) is 1. The maximum atomic E-state index is 11.6. The van der Waals surface area contributed by atoms with Crippen LogP contribution in [0.15, 0.2) is 30.5 Å². The summed E-state index contributed by atoms with van der Waals surface area (Å²) in [7, 11) is 3.75. The number of aromatic nitrogens is 1. The van der Waals surface area contributed by atoms with Crippen molar-refractivity contribution in [3.8, 4) is 0 Å². The second kappa shape index (κ2) is 5.45. The lowest BCUT2D eigenvalue weighted by Gasteiger charge is -2.18. The van der Waals surface area contributed by atoms with Crippen molar-refractivity contribution in [2.24, 2.45) is 7.05 Å². The molecule has 0 saturated heterocycles. The van der Waals surface area contributed by atoms with Crippen molar-refractivity contribution in [2.45, 2.75) is 19.4 Å². The van der Waals surface area contributed by atoms with E-state index in [9.17, 15) is 9.90 Å². The highest BCUT2D eigenvalue weighted by Crippen LogP contribution is 2.20. The van der Waals surface area contributed by atoms with E-state index >= 15 is 0 Å². The van der Waals surface area contributed by atoms with Crippen molar-refractivity contribution >= 4 is 16.8 Å². The maximum absolute atomic E-state index is 11.6. The zero-order valence-electron chi connectivity index (χ0n) is 11.6. The third-order valence-electron chi connectivity index (χ3n) is 3.43. The number of hydrogen-bond donors (Lipinski definition) is 1. The summed E-state index contributed by atoms with van der Waals surface area (Å²) < 4.78 is 2.10. The summed E-state index contributed by atoms with van der Waals surface area (Å²) in [6, 6.07) is 8.23. The third kappa shape index (κ3) is 2.79. The number of fused-ring (bicyclic) bond motifs is 1. The largest absolute Gasteiger partial charge is 0.384 e. The van der Waals surface area contributed by atoms with E-state index in [1.54, 1.807) is 11.9 Å². The summed E-state index contributed by atoms with van der Waals surface area (Å²) in [6.07, 6.45) is 1.96. The lowest BCUT2D eigenvalue weighted by Crippen LogP contribution is -2.35. The smallest absolute Gasteiger partial charge is 0.250 e. The Morgan fingerprint density at radius 3 is 2.79 bits per heavy atom. The molecular weight excluding hydrogens is 240 g/mol. The predicted octanol–water partition coefficient (Wildman–Crippen LogP) is 1.56. The SMILES string of the molecule is CC(O)C(=O)N(C)CCc1cn(C)c2ccccc12. The molecule has 0 spiro atoms. The van der Waals surface area contributed by atoms with Gasteiger partial charge in [-0.25, -0.2) is 0 Å². The summed E-state index contributed by atoms with van der Waals surface area (Å²) in [5.74, 6) is -0.236. The average Bonchev–Trinajstić information content (AvgIpc) is 2.72. The second-order valence-electron chi connectivity index (χ2n) is 4.97. The number of hydrogen-bond acceptors (Lipinski definition) is 2. The Hall–Kier alpha value is -1.81. The number of aryl methyl sites for hydroxylation is 1. The highest BCUT2D eigenvalue weighted by atomic mass is 16.3. The molecule has 0 fully saturated rings. The first-order valence-corrected chi connectivity index (χ1v) is 6.46. The Balaban J connectivity index is 2.12. The number of benzene rings is 1. The first-order valence-electron chi connectivity index (χ1n) is 6.46. The fourth-order valence-corrected chi connectivity index (χ4v) is 2.34. The van der Waals surface area contributed by atoms with Crippen LogP contribution >= 0.6 is 0 Å². The molecule has 1 amide bonds. The molecule has 102 valence electrons. The van der Waals surface area contributed by atoms with Gasteiger partial charge < -0.3 is 14.6 Å². The van der Waals surface area contributed by atoms with Crippen molar-refractivity contribution < 1.29 is 9.90 Å². The zero-order chi connectivity index (χ0) is 14.0. The normalized spacial score (nSPS) is 12.6. The van der Waals surface area contributed by atoms with Gasteiger partial charge in [-0.2, -0.15) is 0 Å². The van der Waals surface area contributed by atoms with Crippen LogP contribution in [-0.4, -0.2) is 40.2 Å². The lowest BCUT2D eigenvalue weighted by atomic mass is 10.1. The Morgan fingerprint density at radius 1 is 1.42 bits per heavy atom. The van der Waals surface area contributed by atoms with E-state index in [0.29, 0.717) is 6.54 Å². The van der Waals surface area contributed by atoms with Gasteiger partial charge in [0.25, 0.3) is 5.91 Å². The van der Waals surface area contributed by atoms with Gasteiger partial charge in [0.05, 0.1) is 0 Å². The molecular formula is C15H20N2O2. The van der Waals surface area contributed by atoms with E-state index in [-0.39, 0.29) is 5.91 Å². The van der Waals surface area contributed by atoms with Crippen LogP contribution in [0.3, 0.4) is 0 Å². The average molecular weight is 260 g/mol. The van der Waals surface area contributed by atoms with Gasteiger partial charge in [0.2, 0.25) is 0 Å². The van der Waals surface area contributed by atoms with Gasteiger partial charge in [0, 0.05) is 37.7 Å². The minimum absolute atomic E-state index is 0.236. The van der Waals surface area contributed by atoms with E-state index < -0.39 is 6.10 Å². The quantitative estimate of drug-likeness (QED) is 0.906. The summed E-state index contributed by atoms with van der Waals surface area (Å²) in [5.41, 5.74) is 2.42. The second-order valence-corrected chi connectivity index (χ2v) is 4.97. The molecule has 1 aromatic carbocycles. The molecule has 0 aliphatic rings. The van der Waals surface area contributed by atoms with Gasteiger partial charge in [-0.1, -0.05) is 18.2 Å². The van der Waals surface area contributed by atoms with Crippen molar-refractivity contribution in [1.29, 1.82) is 0 Å². The molecule has 0 bridgehead atoms. The van der Waals surface area contributed by atoms with Gasteiger partial charge in [0.15, 0.2) is 0 Å².